The average molecular weight is 281 g/mol. The van der Waals surface area contributed by atoms with E-state index in [9.17, 15) is 0 Å². The van der Waals surface area contributed by atoms with E-state index in [1.165, 1.54) is 28.7 Å². The summed E-state index contributed by atoms with van der Waals surface area (Å²) in [4.78, 5) is 0. The second-order valence-corrected chi connectivity index (χ2v) is 5.91. The Labute approximate surface area is 129 Å². The smallest absolute Gasteiger partial charge is 0.0110 e. The van der Waals surface area contributed by atoms with Gasteiger partial charge in [-0.3, -0.25) is 0 Å². The fourth-order valence-corrected chi connectivity index (χ4v) is 2.91. The van der Waals surface area contributed by atoms with Crippen molar-refractivity contribution in [3.63, 3.8) is 0 Å². The minimum atomic E-state index is 0.552. The van der Waals surface area contributed by atoms with Gasteiger partial charge in [0.15, 0.2) is 0 Å². The molecule has 1 atom stereocenters. The van der Waals surface area contributed by atoms with Crippen LogP contribution in [-0.2, 0) is 12.8 Å². The van der Waals surface area contributed by atoms with E-state index in [-0.39, 0.29) is 0 Å². The maximum Gasteiger partial charge on any atom is 0.0110 e. The molecule has 0 aliphatic carbocycles. The van der Waals surface area contributed by atoms with E-state index in [1.54, 1.807) is 0 Å². The van der Waals surface area contributed by atoms with Gasteiger partial charge in [0, 0.05) is 6.04 Å². The summed E-state index contributed by atoms with van der Waals surface area (Å²) in [6.45, 7) is 7.60. The molecule has 0 aromatic heterocycles. The molecule has 0 saturated heterocycles. The van der Waals surface area contributed by atoms with Crippen molar-refractivity contribution in [2.75, 3.05) is 6.54 Å². The predicted octanol–water partition coefficient (Wildman–Crippen LogP) is 4.46. The zero-order valence-corrected chi connectivity index (χ0v) is 13.5. The van der Waals surface area contributed by atoms with E-state index in [0.29, 0.717) is 6.04 Å². The fraction of sp³-hybridized carbons (Fsp3) is 0.400. The molecule has 0 amide bonds. The number of hydrogen-bond acceptors (Lipinski definition) is 1. The van der Waals surface area contributed by atoms with Crippen LogP contribution in [0.3, 0.4) is 0 Å². The highest BCUT2D eigenvalue weighted by molar-refractivity contribution is 5.26. The zero-order chi connectivity index (χ0) is 15.1. The molecule has 1 heteroatoms. The Hall–Kier alpha value is -1.60. The second-order valence-electron chi connectivity index (χ2n) is 5.91. The van der Waals surface area contributed by atoms with Crippen molar-refractivity contribution in [1.29, 1.82) is 0 Å². The molecule has 1 unspecified atom stereocenters. The van der Waals surface area contributed by atoms with Crippen molar-refractivity contribution in [2.45, 2.75) is 46.1 Å². The molecule has 2 rings (SSSR count). The average Bonchev–Trinajstić information content (AvgIpc) is 2.46. The van der Waals surface area contributed by atoms with Crippen LogP contribution in [0, 0.1) is 13.8 Å². The lowest BCUT2D eigenvalue weighted by Crippen LogP contribution is -2.31. The molecule has 0 heterocycles. The summed E-state index contributed by atoms with van der Waals surface area (Å²) >= 11 is 0. The van der Waals surface area contributed by atoms with Gasteiger partial charge in [-0.25, -0.2) is 0 Å². The zero-order valence-electron chi connectivity index (χ0n) is 13.5. The van der Waals surface area contributed by atoms with Gasteiger partial charge in [0.2, 0.25) is 0 Å². The van der Waals surface area contributed by atoms with E-state index >= 15 is 0 Å². The third-order valence-electron chi connectivity index (χ3n) is 4.08. The highest BCUT2D eigenvalue weighted by atomic mass is 14.9. The molecule has 0 saturated carbocycles. The minimum absolute atomic E-state index is 0.552. The Morgan fingerprint density at radius 3 is 2.52 bits per heavy atom. The van der Waals surface area contributed by atoms with Crippen LogP contribution in [0.4, 0.5) is 0 Å². The molecular formula is C20H27N. The Bertz CT molecular complexity index is 559. The highest BCUT2D eigenvalue weighted by Gasteiger charge is 2.09. The maximum atomic E-state index is 3.64. The first-order chi connectivity index (χ1) is 10.2. The van der Waals surface area contributed by atoms with Crippen LogP contribution in [0.5, 0.6) is 0 Å². The first-order valence-electron chi connectivity index (χ1n) is 8.02. The predicted molar refractivity (Wildman–Crippen MR) is 91.8 cm³/mol. The molecule has 0 radical (unpaired) electrons. The number of benzene rings is 2. The van der Waals surface area contributed by atoms with Crippen LogP contribution in [0.1, 0.15) is 35.6 Å². The third kappa shape index (κ3) is 5.02. The van der Waals surface area contributed by atoms with Gasteiger partial charge in [-0.05, 0) is 56.3 Å². The highest BCUT2D eigenvalue weighted by Crippen LogP contribution is 2.14. The number of nitrogens with one attached hydrogen (secondary N) is 1. The minimum Gasteiger partial charge on any atom is -0.314 e. The van der Waals surface area contributed by atoms with Crippen molar-refractivity contribution >= 4 is 0 Å². The van der Waals surface area contributed by atoms with Crippen LogP contribution < -0.4 is 5.32 Å². The maximum absolute atomic E-state index is 3.64. The van der Waals surface area contributed by atoms with E-state index < -0.39 is 0 Å². The van der Waals surface area contributed by atoms with Gasteiger partial charge in [-0.15, -0.1) is 0 Å². The van der Waals surface area contributed by atoms with Gasteiger partial charge >= 0.3 is 0 Å². The molecule has 2 aromatic rings. The summed E-state index contributed by atoms with van der Waals surface area (Å²) in [6.07, 6.45) is 3.45. The third-order valence-corrected chi connectivity index (χ3v) is 4.08. The van der Waals surface area contributed by atoms with Gasteiger partial charge in [0.1, 0.15) is 0 Å². The lowest BCUT2D eigenvalue weighted by atomic mass is 9.96. The van der Waals surface area contributed by atoms with Crippen molar-refractivity contribution in [3.05, 3.63) is 70.8 Å². The molecule has 0 fully saturated rings. The molecule has 1 nitrogen and oxygen atoms in total. The summed E-state index contributed by atoms with van der Waals surface area (Å²) in [5.74, 6) is 0. The summed E-state index contributed by atoms with van der Waals surface area (Å²) in [5.41, 5.74) is 5.67. The van der Waals surface area contributed by atoms with Gasteiger partial charge in [-0.1, -0.05) is 61.0 Å². The fourth-order valence-electron chi connectivity index (χ4n) is 2.91. The van der Waals surface area contributed by atoms with E-state index in [4.69, 9.17) is 0 Å². The Kier molecular flexibility index (Phi) is 6.01. The van der Waals surface area contributed by atoms with Crippen LogP contribution in [0.25, 0.3) is 0 Å². The standard InChI is InChI=1S/C20H27N/c1-4-21-20(15-18-10-7-8-16(2)14-18)13-12-19-11-6-5-9-17(19)3/h5-11,14,20-21H,4,12-13,15H2,1-3H3. The molecule has 1 N–H and O–H groups in total. The number of rotatable bonds is 7. The first-order valence-corrected chi connectivity index (χ1v) is 8.02. The molecular weight excluding hydrogens is 254 g/mol. The number of likely N-dealkylation sites (N-methyl/N-ethyl adjacent to an activating group) is 1. The molecule has 0 spiro atoms. The summed E-state index contributed by atoms with van der Waals surface area (Å²) in [5, 5.41) is 3.64. The summed E-state index contributed by atoms with van der Waals surface area (Å²) < 4.78 is 0. The lowest BCUT2D eigenvalue weighted by molar-refractivity contribution is 0.490. The van der Waals surface area contributed by atoms with Gasteiger partial charge in [0.05, 0.1) is 0 Å². The van der Waals surface area contributed by atoms with Gasteiger partial charge in [0.25, 0.3) is 0 Å². The molecule has 2 aromatic carbocycles. The Balaban J connectivity index is 1.97. The largest absolute Gasteiger partial charge is 0.314 e. The van der Waals surface area contributed by atoms with Crippen molar-refractivity contribution < 1.29 is 0 Å². The van der Waals surface area contributed by atoms with E-state index in [0.717, 1.165) is 19.4 Å². The lowest BCUT2D eigenvalue weighted by Gasteiger charge is -2.19. The van der Waals surface area contributed by atoms with Gasteiger partial charge < -0.3 is 5.32 Å². The Morgan fingerprint density at radius 1 is 1.00 bits per heavy atom. The number of hydrogen-bond donors (Lipinski definition) is 1. The van der Waals surface area contributed by atoms with E-state index in [1.807, 2.05) is 0 Å². The molecule has 0 bridgehead atoms. The normalized spacial score (nSPS) is 12.3. The van der Waals surface area contributed by atoms with Crippen LogP contribution >= 0.6 is 0 Å². The quantitative estimate of drug-likeness (QED) is 0.790. The SMILES string of the molecule is CCNC(CCc1ccccc1C)Cc1cccc(C)c1. The van der Waals surface area contributed by atoms with Crippen molar-refractivity contribution in [3.8, 4) is 0 Å². The Morgan fingerprint density at radius 2 is 1.81 bits per heavy atom. The van der Waals surface area contributed by atoms with Crippen LogP contribution in [0.15, 0.2) is 48.5 Å². The summed E-state index contributed by atoms with van der Waals surface area (Å²) in [7, 11) is 0. The second kappa shape index (κ2) is 7.99. The first kappa shape index (κ1) is 15.8. The van der Waals surface area contributed by atoms with Crippen LogP contribution in [-0.4, -0.2) is 12.6 Å². The van der Waals surface area contributed by atoms with Crippen molar-refractivity contribution in [2.24, 2.45) is 0 Å². The molecule has 0 aliphatic rings. The topological polar surface area (TPSA) is 12.0 Å². The molecule has 112 valence electrons. The van der Waals surface area contributed by atoms with Crippen LogP contribution in [0.2, 0.25) is 0 Å². The summed E-state index contributed by atoms with van der Waals surface area (Å²) in [6, 6.07) is 18.1. The van der Waals surface area contributed by atoms with Gasteiger partial charge in [-0.2, -0.15) is 0 Å². The molecule has 0 aliphatic heterocycles. The van der Waals surface area contributed by atoms with E-state index in [2.05, 4.69) is 74.6 Å². The molecule has 21 heavy (non-hydrogen) atoms. The monoisotopic (exact) mass is 281 g/mol. The number of aryl methyl sites for hydroxylation is 3. The van der Waals surface area contributed by atoms with Crippen molar-refractivity contribution in [1.82, 2.24) is 5.32 Å².